The third kappa shape index (κ3) is 4.59. The molecule has 0 aliphatic carbocycles. The van der Waals surface area contributed by atoms with Crippen LogP contribution in [-0.4, -0.2) is 19.2 Å². The molecule has 0 aliphatic heterocycles. The third-order valence-corrected chi connectivity index (χ3v) is 2.93. The Morgan fingerprint density at radius 2 is 1.36 bits per heavy atom. The van der Waals surface area contributed by atoms with Crippen molar-refractivity contribution in [1.29, 1.82) is 0 Å². The van der Waals surface area contributed by atoms with Crippen LogP contribution in [0.4, 0.5) is 0 Å². The van der Waals surface area contributed by atoms with Crippen molar-refractivity contribution in [3.8, 4) is 11.5 Å². The van der Waals surface area contributed by atoms with E-state index in [4.69, 9.17) is 9.47 Å². The quantitative estimate of drug-likeness (QED) is 0.578. The third-order valence-electron chi connectivity index (χ3n) is 2.93. The molecular weight excluding hydrogens is 280 g/mol. The van der Waals surface area contributed by atoms with Gasteiger partial charge in [-0.3, -0.25) is 9.59 Å². The van der Waals surface area contributed by atoms with Crippen molar-refractivity contribution < 1.29 is 19.1 Å². The van der Waals surface area contributed by atoms with Gasteiger partial charge in [0.1, 0.15) is 36.4 Å². The van der Waals surface area contributed by atoms with Crippen LogP contribution in [0.3, 0.4) is 0 Å². The van der Waals surface area contributed by atoms with Crippen LogP contribution in [0.2, 0.25) is 0 Å². The second-order valence-electron chi connectivity index (χ2n) is 4.60. The molecule has 2 aromatic carbocycles. The fraction of sp³-hybridized carbons (Fsp3) is 0.111. The minimum absolute atomic E-state index is 0.360. The van der Waals surface area contributed by atoms with E-state index in [0.717, 1.165) is 12.6 Å². The summed E-state index contributed by atoms with van der Waals surface area (Å²) in [5.74, 6) is 2.04. The minimum Gasteiger partial charge on any atom is -0.489 e. The molecule has 0 atom stereocenters. The van der Waals surface area contributed by atoms with Gasteiger partial charge in [0, 0.05) is 11.1 Å². The van der Waals surface area contributed by atoms with Gasteiger partial charge in [0.15, 0.2) is 0 Å². The van der Waals surface area contributed by atoms with E-state index >= 15 is 0 Å². The molecule has 0 saturated carbocycles. The topological polar surface area (TPSA) is 52.6 Å². The summed E-state index contributed by atoms with van der Waals surface area (Å²) in [7, 11) is 0. The molecule has 112 valence electrons. The summed E-state index contributed by atoms with van der Waals surface area (Å²) >= 11 is 0. The minimum atomic E-state index is 0.360. The molecule has 0 aromatic heterocycles. The molecule has 0 aliphatic rings. The van der Waals surface area contributed by atoms with Crippen LogP contribution in [0.25, 0.3) is 0 Å². The number of carbonyl (C=O) groups is 2. The van der Waals surface area contributed by atoms with E-state index in [0.29, 0.717) is 35.0 Å². The van der Waals surface area contributed by atoms with Gasteiger partial charge in [-0.1, -0.05) is 0 Å². The van der Waals surface area contributed by atoms with Gasteiger partial charge in [0.2, 0.25) is 0 Å². The zero-order chi connectivity index (χ0) is 15.8. The average Bonchev–Trinajstić information content (AvgIpc) is 2.56. The van der Waals surface area contributed by atoms with Crippen molar-refractivity contribution in [2.75, 3.05) is 6.61 Å². The fourth-order valence-electron chi connectivity index (χ4n) is 1.74. The zero-order valence-corrected chi connectivity index (χ0v) is 12.2. The number of benzene rings is 2. The molecule has 22 heavy (non-hydrogen) atoms. The first kappa shape index (κ1) is 15.5. The Hall–Kier alpha value is -2.88. The highest BCUT2D eigenvalue weighted by molar-refractivity contribution is 5.75. The van der Waals surface area contributed by atoms with E-state index in [2.05, 4.69) is 0 Å². The molecule has 0 heterocycles. The Labute approximate surface area is 129 Å². The SMILES string of the molecule is C/C(=C/COc1ccc(C=O)cc1)Oc1ccc(C=O)cc1. The molecule has 0 radical (unpaired) electrons. The van der Waals surface area contributed by atoms with Gasteiger partial charge in [-0.25, -0.2) is 0 Å². The van der Waals surface area contributed by atoms with Gasteiger partial charge in [-0.15, -0.1) is 0 Å². The van der Waals surface area contributed by atoms with Gasteiger partial charge < -0.3 is 9.47 Å². The second kappa shape index (κ2) is 7.78. The van der Waals surface area contributed by atoms with E-state index < -0.39 is 0 Å². The van der Waals surface area contributed by atoms with Crippen molar-refractivity contribution >= 4 is 12.6 Å². The maximum absolute atomic E-state index is 10.6. The van der Waals surface area contributed by atoms with Gasteiger partial charge in [0.05, 0.1) is 0 Å². The Bertz CT molecular complexity index is 654. The molecule has 0 N–H and O–H groups in total. The summed E-state index contributed by atoms with van der Waals surface area (Å²) in [6.45, 7) is 2.19. The Kier molecular flexibility index (Phi) is 5.49. The Morgan fingerprint density at radius 1 is 0.864 bits per heavy atom. The number of aldehydes is 2. The normalized spacial score (nSPS) is 10.9. The zero-order valence-electron chi connectivity index (χ0n) is 12.2. The number of allylic oxidation sites excluding steroid dienone is 1. The Morgan fingerprint density at radius 3 is 1.86 bits per heavy atom. The number of rotatable bonds is 7. The van der Waals surface area contributed by atoms with Crippen molar-refractivity contribution in [2.24, 2.45) is 0 Å². The van der Waals surface area contributed by atoms with Crippen LogP contribution in [0.5, 0.6) is 11.5 Å². The van der Waals surface area contributed by atoms with Gasteiger partial charge in [-0.05, 0) is 61.5 Å². The lowest BCUT2D eigenvalue weighted by atomic mass is 10.2. The lowest BCUT2D eigenvalue weighted by Crippen LogP contribution is -1.98. The van der Waals surface area contributed by atoms with E-state index in [9.17, 15) is 9.59 Å². The van der Waals surface area contributed by atoms with Crippen molar-refractivity contribution in [3.05, 3.63) is 71.5 Å². The maximum Gasteiger partial charge on any atom is 0.150 e. The molecule has 4 nitrogen and oxygen atoms in total. The van der Waals surface area contributed by atoms with Gasteiger partial charge >= 0.3 is 0 Å². The first-order valence-electron chi connectivity index (χ1n) is 6.79. The Balaban J connectivity index is 1.85. The predicted molar refractivity (Wildman–Crippen MR) is 83.5 cm³/mol. The molecular formula is C18H16O4. The van der Waals surface area contributed by atoms with Crippen LogP contribution >= 0.6 is 0 Å². The summed E-state index contributed by atoms with van der Waals surface area (Å²) in [6.07, 6.45) is 3.38. The molecule has 2 aromatic rings. The number of ether oxygens (including phenoxy) is 2. The fourth-order valence-corrected chi connectivity index (χ4v) is 1.74. The van der Waals surface area contributed by atoms with Crippen LogP contribution in [0, 0.1) is 0 Å². The maximum atomic E-state index is 10.6. The summed E-state index contributed by atoms with van der Waals surface area (Å²) in [4.78, 5) is 21.1. The smallest absolute Gasteiger partial charge is 0.150 e. The van der Waals surface area contributed by atoms with Crippen molar-refractivity contribution in [1.82, 2.24) is 0 Å². The highest BCUT2D eigenvalue weighted by atomic mass is 16.5. The van der Waals surface area contributed by atoms with Crippen LogP contribution in [0.1, 0.15) is 27.6 Å². The van der Waals surface area contributed by atoms with Crippen molar-refractivity contribution in [3.63, 3.8) is 0 Å². The molecule has 0 spiro atoms. The summed E-state index contributed by atoms with van der Waals surface area (Å²) in [5, 5.41) is 0. The van der Waals surface area contributed by atoms with E-state index in [1.54, 1.807) is 54.6 Å². The lowest BCUT2D eigenvalue weighted by molar-refractivity contribution is 0.111. The summed E-state index contributed by atoms with van der Waals surface area (Å²) in [6, 6.07) is 13.7. The van der Waals surface area contributed by atoms with Crippen LogP contribution < -0.4 is 9.47 Å². The number of carbonyl (C=O) groups excluding carboxylic acids is 2. The first-order valence-corrected chi connectivity index (χ1v) is 6.79. The molecule has 0 bridgehead atoms. The molecule has 2 rings (SSSR count). The highest BCUT2D eigenvalue weighted by Gasteiger charge is 1.97. The van der Waals surface area contributed by atoms with E-state index in [1.807, 2.05) is 6.92 Å². The van der Waals surface area contributed by atoms with Crippen LogP contribution in [-0.2, 0) is 0 Å². The molecule has 0 fully saturated rings. The molecule has 0 saturated heterocycles. The number of hydrogen-bond donors (Lipinski definition) is 0. The highest BCUT2D eigenvalue weighted by Crippen LogP contribution is 2.15. The standard InChI is InChI=1S/C18H16O4/c1-14(22-18-8-4-16(13-20)5-9-18)10-11-21-17-6-2-15(12-19)3-7-17/h2-10,12-13H,11H2,1H3/b14-10-. The largest absolute Gasteiger partial charge is 0.489 e. The van der Waals surface area contributed by atoms with Crippen LogP contribution in [0.15, 0.2) is 60.4 Å². The summed E-state index contributed by atoms with van der Waals surface area (Å²) < 4.78 is 11.1. The first-order chi connectivity index (χ1) is 10.7. The molecule has 0 amide bonds. The summed E-state index contributed by atoms with van der Waals surface area (Å²) in [5.41, 5.74) is 1.22. The van der Waals surface area contributed by atoms with E-state index in [-0.39, 0.29) is 0 Å². The number of hydrogen-bond acceptors (Lipinski definition) is 4. The van der Waals surface area contributed by atoms with Crippen molar-refractivity contribution in [2.45, 2.75) is 6.92 Å². The molecule has 4 heteroatoms. The monoisotopic (exact) mass is 296 g/mol. The molecule has 0 unspecified atom stereocenters. The predicted octanol–water partition coefficient (Wildman–Crippen LogP) is 3.67. The second-order valence-corrected chi connectivity index (χ2v) is 4.60. The van der Waals surface area contributed by atoms with Gasteiger partial charge in [-0.2, -0.15) is 0 Å². The lowest BCUT2D eigenvalue weighted by Gasteiger charge is -2.07. The average molecular weight is 296 g/mol. The van der Waals surface area contributed by atoms with E-state index in [1.165, 1.54) is 0 Å². The van der Waals surface area contributed by atoms with Gasteiger partial charge in [0.25, 0.3) is 0 Å².